The van der Waals surface area contributed by atoms with Crippen LogP contribution in [0.3, 0.4) is 0 Å². The predicted molar refractivity (Wildman–Crippen MR) is 79.2 cm³/mol. The van der Waals surface area contributed by atoms with Crippen LogP contribution in [0, 0.1) is 11.3 Å². The van der Waals surface area contributed by atoms with E-state index in [9.17, 15) is 21.6 Å². The Bertz CT molecular complexity index is 588. The smallest absolute Gasteiger partial charge is 0.380 e. The van der Waals surface area contributed by atoms with Crippen LogP contribution in [-0.2, 0) is 14.3 Å². The van der Waals surface area contributed by atoms with Crippen LogP contribution < -0.4 is 0 Å². The van der Waals surface area contributed by atoms with E-state index in [2.05, 4.69) is 10.8 Å². The van der Waals surface area contributed by atoms with Crippen molar-refractivity contribution in [2.45, 2.75) is 45.5 Å². The topological polar surface area (TPSA) is 43.4 Å². The van der Waals surface area contributed by atoms with Crippen molar-refractivity contribution in [1.29, 1.82) is 0 Å². The highest BCUT2D eigenvalue weighted by molar-refractivity contribution is 7.87. The van der Waals surface area contributed by atoms with Crippen molar-refractivity contribution in [3.63, 3.8) is 0 Å². The van der Waals surface area contributed by atoms with Gasteiger partial charge in [0, 0.05) is 5.41 Å². The zero-order valence-electron chi connectivity index (χ0n) is 12.9. The van der Waals surface area contributed by atoms with E-state index in [1.165, 1.54) is 6.08 Å². The second-order valence-electron chi connectivity index (χ2n) is 5.80. The molecule has 126 valence electrons. The lowest BCUT2D eigenvalue weighted by Gasteiger charge is -2.39. The fourth-order valence-electron chi connectivity index (χ4n) is 2.31. The third-order valence-electron chi connectivity index (χ3n) is 4.23. The van der Waals surface area contributed by atoms with Crippen LogP contribution in [0.25, 0.3) is 0 Å². The van der Waals surface area contributed by atoms with Crippen molar-refractivity contribution in [2.24, 2.45) is 11.3 Å². The maximum Gasteiger partial charge on any atom is 0.534 e. The molecule has 0 aromatic heterocycles. The van der Waals surface area contributed by atoms with Gasteiger partial charge in [-0.25, -0.2) is 0 Å². The molecule has 0 amide bonds. The van der Waals surface area contributed by atoms with Gasteiger partial charge < -0.3 is 4.18 Å². The van der Waals surface area contributed by atoms with Crippen LogP contribution in [0.2, 0.25) is 0 Å². The van der Waals surface area contributed by atoms with Gasteiger partial charge in [-0.1, -0.05) is 38.2 Å². The van der Waals surface area contributed by atoms with E-state index < -0.39 is 21.0 Å². The standard InChI is InChI=1S/C15H21F3O3S/c1-5-11(2)9-10-14(4)12(3)7-6-8-13(14)21-22(19,20)15(16,17)18/h5,8-9,12H,1,6-7,10H2,2-4H3/b11-9-/t12-,14+/m1/s1. The summed E-state index contributed by atoms with van der Waals surface area (Å²) < 4.78 is 64.6. The minimum Gasteiger partial charge on any atom is -0.380 e. The van der Waals surface area contributed by atoms with Gasteiger partial charge >= 0.3 is 15.6 Å². The molecule has 3 nitrogen and oxygen atoms in total. The van der Waals surface area contributed by atoms with E-state index in [1.54, 1.807) is 13.0 Å². The van der Waals surface area contributed by atoms with Gasteiger partial charge in [-0.3, -0.25) is 0 Å². The summed E-state index contributed by atoms with van der Waals surface area (Å²) in [5.41, 5.74) is -5.36. The van der Waals surface area contributed by atoms with Crippen LogP contribution in [0.4, 0.5) is 13.2 Å². The SMILES string of the molecule is C=C/C(C)=C\C[C@]1(C)C(OS(=O)(=O)C(F)(F)F)=CCC[C@H]1C. The zero-order chi connectivity index (χ0) is 17.2. The molecule has 1 aliphatic carbocycles. The molecule has 0 spiro atoms. The summed E-state index contributed by atoms with van der Waals surface area (Å²) in [5, 5.41) is 0. The van der Waals surface area contributed by atoms with E-state index in [0.717, 1.165) is 12.0 Å². The first-order valence-electron chi connectivity index (χ1n) is 6.94. The normalized spacial score (nSPS) is 27.3. The fourth-order valence-corrected chi connectivity index (χ4v) is 2.90. The molecule has 0 saturated heterocycles. The summed E-state index contributed by atoms with van der Waals surface area (Å²) in [6.45, 7) is 9.04. The van der Waals surface area contributed by atoms with Gasteiger partial charge in [-0.05, 0) is 38.2 Å². The molecule has 2 atom stereocenters. The Morgan fingerprint density at radius 2 is 2.14 bits per heavy atom. The Labute approximate surface area is 129 Å². The van der Waals surface area contributed by atoms with Crippen LogP contribution in [0.15, 0.2) is 36.1 Å². The van der Waals surface area contributed by atoms with Crippen molar-refractivity contribution >= 4 is 10.1 Å². The molecule has 0 N–H and O–H groups in total. The zero-order valence-corrected chi connectivity index (χ0v) is 13.7. The van der Waals surface area contributed by atoms with Gasteiger partial charge in [0.25, 0.3) is 0 Å². The second kappa shape index (κ2) is 6.48. The van der Waals surface area contributed by atoms with E-state index in [4.69, 9.17) is 0 Å². The summed E-state index contributed by atoms with van der Waals surface area (Å²) in [5.74, 6) is -0.138. The fraction of sp³-hybridized carbons (Fsp3) is 0.600. The Balaban J connectivity index is 3.15. The largest absolute Gasteiger partial charge is 0.534 e. The highest BCUT2D eigenvalue weighted by Gasteiger charge is 2.51. The maximum absolute atomic E-state index is 12.5. The lowest BCUT2D eigenvalue weighted by Crippen LogP contribution is -2.35. The first-order valence-corrected chi connectivity index (χ1v) is 8.35. The molecule has 0 unspecified atom stereocenters. The highest BCUT2D eigenvalue weighted by atomic mass is 32.2. The number of rotatable bonds is 5. The molecule has 22 heavy (non-hydrogen) atoms. The van der Waals surface area contributed by atoms with Crippen LogP contribution in [0.1, 0.15) is 40.0 Å². The second-order valence-corrected chi connectivity index (χ2v) is 7.34. The van der Waals surface area contributed by atoms with Gasteiger partial charge in [0.2, 0.25) is 0 Å². The van der Waals surface area contributed by atoms with Crippen molar-refractivity contribution < 1.29 is 25.8 Å². The van der Waals surface area contributed by atoms with Gasteiger partial charge in [0.05, 0.1) is 0 Å². The van der Waals surface area contributed by atoms with Crippen LogP contribution in [0.5, 0.6) is 0 Å². The van der Waals surface area contributed by atoms with Gasteiger partial charge in [-0.15, -0.1) is 0 Å². The first-order chi connectivity index (χ1) is 9.94. The molecule has 0 heterocycles. The Morgan fingerprint density at radius 3 is 2.64 bits per heavy atom. The van der Waals surface area contributed by atoms with E-state index in [-0.39, 0.29) is 11.7 Å². The maximum atomic E-state index is 12.5. The number of allylic oxidation sites excluding steroid dienone is 5. The van der Waals surface area contributed by atoms with E-state index in [0.29, 0.717) is 12.8 Å². The van der Waals surface area contributed by atoms with Crippen LogP contribution >= 0.6 is 0 Å². The van der Waals surface area contributed by atoms with Crippen molar-refractivity contribution in [3.8, 4) is 0 Å². The summed E-state index contributed by atoms with van der Waals surface area (Å²) in [6.07, 6.45) is 6.53. The molecule has 0 aliphatic heterocycles. The molecule has 7 heteroatoms. The molecule has 0 fully saturated rings. The third kappa shape index (κ3) is 3.94. The molecule has 0 saturated carbocycles. The minimum atomic E-state index is -5.65. The molecule has 0 aromatic rings. The van der Waals surface area contributed by atoms with Gasteiger partial charge in [0.1, 0.15) is 5.76 Å². The van der Waals surface area contributed by atoms with Crippen molar-refractivity contribution in [1.82, 2.24) is 0 Å². The minimum absolute atomic E-state index is 0.00945. The molecular formula is C15H21F3O3S. The number of halogens is 3. The third-order valence-corrected chi connectivity index (χ3v) is 5.20. The molecule has 0 radical (unpaired) electrons. The number of hydrogen-bond donors (Lipinski definition) is 0. The average molecular weight is 338 g/mol. The number of alkyl halides is 3. The predicted octanol–water partition coefficient (Wildman–Crippen LogP) is 4.70. The summed E-state index contributed by atoms with van der Waals surface area (Å²) >= 11 is 0. The Hall–Kier alpha value is -1.24. The Morgan fingerprint density at radius 1 is 1.55 bits per heavy atom. The monoisotopic (exact) mass is 338 g/mol. The summed E-state index contributed by atoms with van der Waals surface area (Å²) in [7, 11) is -5.65. The molecular weight excluding hydrogens is 317 g/mol. The number of hydrogen-bond acceptors (Lipinski definition) is 3. The van der Waals surface area contributed by atoms with E-state index in [1.807, 2.05) is 19.9 Å². The molecule has 0 aromatic carbocycles. The quantitative estimate of drug-likeness (QED) is 0.415. The van der Waals surface area contributed by atoms with Crippen LogP contribution in [-0.4, -0.2) is 13.9 Å². The highest BCUT2D eigenvalue weighted by Crippen LogP contribution is 2.47. The molecule has 0 bridgehead atoms. The average Bonchev–Trinajstić information content (AvgIpc) is 2.40. The summed E-state index contributed by atoms with van der Waals surface area (Å²) in [6, 6.07) is 0. The van der Waals surface area contributed by atoms with E-state index >= 15 is 0 Å². The molecule has 1 aliphatic rings. The van der Waals surface area contributed by atoms with Crippen molar-refractivity contribution in [2.75, 3.05) is 0 Å². The van der Waals surface area contributed by atoms with Crippen molar-refractivity contribution in [3.05, 3.63) is 36.1 Å². The Kier molecular flexibility index (Phi) is 5.54. The summed E-state index contributed by atoms with van der Waals surface area (Å²) in [4.78, 5) is 0. The lowest BCUT2D eigenvalue weighted by molar-refractivity contribution is -0.0539. The first kappa shape index (κ1) is 18.8. The lowest BCUT2D eigenvalue weighted by atomic mass is 9.69. The van der Waals surface area contributed by atoms with Gasteiger partial charge in [-0.2, -0.15) is 21.6 Å². The van der Waals surface area contributed by atoms with Gasteiger partial charge in [0.15, 0.2) is 0 Å². The molecule has 1 rings (SSSR count).